The van der Waals surface area contributed by atoms with E-state index in [1.165, 1.54) is 11.9 Å². The van der Waals surface area contributed by atoms with Crippen molar-refractivity contribution < 1.29 is 9.90 Å². The number of nitrogens with zero attached hydrogens (tertiary/aromatic N) is 2. The number of H-pyrrole nitrogens is 1. The molecular formula is C17H15N3O3. The van der Waals surface area contributed by atoms with Gasteiger partial charge in [0.1, 0.15) is 0 Å². The summed E-state index contributed by atoms with van der Waals surface area (Å²) in [5, 5.41) is 16.9. The molecule has 6 heteroatoms. The Bertz CT molecular complexity index is 916. The number of hydrogen-bond donors (Lipinski definition) is 2. The average molecular weight is 309 g/mol. The predicted molar refractivity (Wildman–Crippen MR) is 87.3 cm³/mol. The van der Waals surface area contributed by atoms with Gasteiger partial charge in [-0.2, -0.15) is 5.10 Å². The maximum atomic E-state index is 11.8. The molecule has 0 radical (unpaired) electrons. The zero-order valence-electron chi connectivity index (χ0n) is 12.5. The molecule has 6 nitrogen and oxygen atoms in total. The van der Waals surface area contributed by atoms with E-state index in [0.29, 0.717) is 17.6 Å². The predicted octanol–water partition coefficient (Wildman–Crippen LogP) is 2.70. The molecule has 0 saturated heterocycles. The first-order chi connectivity index (χ1) is 11.1. The second kappa shape index (κ2) is 5.92. The van der Waals surface area contributed by atoms with Crippen LogP contribution in [0, 0.1) is 0 Å². The number of benzene rings is 2. The minimum absolute atomic E-state index is 0.218. The van der Waals surface area contributed by atoms with Gasteiger partial charge in [-0.05, 0) is 11.6 Å². The Hall–Kier alpha value is -3.15. The van der Waals surface area contributed by atoms with Gasteiger partial charge in [0.15, 0.2) is 0 Å². The number of carbonyl (C=O) groups is 1. The van der Waals surface area contributed by atoms with E-state index < -0.39 is 6.09 Å². The van der Waals surface area contributed by atoms with Gasteiger partial charge in [-0.25, -0.2) is 9.89 Å². The molecule has 0 saturated carbocycles. The first kappa shape index (κ1) is 14.8. The van der Waals surface area contributed by atoms with Crippen molar-refractivity contribution in [1.82, 2.24) is 15.1 Å². The van der Waals surface area contributed by atoms with Crippen molar-refractivity contribution in [3.05, 3.63) is 64.4 Å². The molecule has 0 bridgehead atoms. The molecule has 1 amide bonds. The van der Waals surface area contributed by atoms with E-state index in [1.807, 2.05) is 42.5 Å². The molecule has 0 aliphatic carbocycles. The van der Waals surface area contributed by atoms with Crippen LogP contribution in [0.15, 0.2) is 53.3 Å². The van der Waals surface area contributed by atoms with Crippen molar-refractivity contribution in [2.75, 3.05) is 7.05 Å². The normalized spacial score (nSPS) is 10.7. The lowest BCUT2D eigenvalue weighted by atomic mass is 10.0. The van der Waals surface area contributed by atoms with Crippen LogP contribution < -0.4 is 5.56 Å². The molecule has 0 aliphatic heterocycles. The average Bonchev–Trinajstić information content (AvgIpc) is 2.56. The van der Waals surface area contributed by atoms with Gasteiger partial charge in [0.05, 0.1) is 11.1 Å². The van der Waals surface area contributed by atoms with Gasteiger partial charge in [-0.3, -0.25) is 4.79 Å². The monoisotopic (exact) mass is 309 g/mol. The maximum Gasteiger partial charge on any atom is 0.407 e. The Morgan fingerprint density at radius 2 is 1.78 bits per heavy atom. The number of aromatic nitrogens is 2. The highest BCUT2D eigenvalue weighted by Crippen LogP contribution is 2.24. The first-order valence-corrected chi connectivity index (χ1v) is 7.07. The zero-order valence-corrected chi connectivity index (χ0v) is 12.5. The van der Waals surface area contributed by atoms with E-state index in [2.05, 4.69) is 10.2 Å². The Kier molecular flexibility index (Phi) is 3.80. The summed E-state index contributed by atoms with van der Waals surface area (Å²) in [6, 6.07) is 14.8. The van der Waals surface area contributed by atoms with Crippen LogP contribution in [0.25, 0.3) is 22.0 Å². The molecule has 116 valence electrons. The van der Waals surface area contributed by atoms with Crippen molar-refractivity contribution in [2.24, 2.45) is 0 Å². The van der Waals surface area contributed by atoms with Crippen LogP contribution in [0.3, 0.4) is 0 Å². The van der Waals surface area contributed by atoms with E-state index in [4.69, 9.17) is 5.11 Å². The topological polar surface area (TPSA) is 86.3 Å². The van der Waals surface area contributed by atoms with E-state index in [1.54, 1.807) is 6.07 Å². The van der Waals surface area contributed by atoms with E-state index >= 15 is 0 Å². The molecular weight excluding hydrogens is 294 g/mol. The Balaban J connectivity index is 1.99. The van der Waals surface area contributed by atoms with E-state index in [9.17, 15) is 9.59 Å². The third-order valence-electron chi connectivity index (χ3n) is 3.67. The summed E-state index contributed by atoms with van der Waals surface area (Å²) < 4.78 is 0. The van der Waals surface area contributed by atoms with Crippen molar-refractivity contribution in [3.63, 3.8) is 0 Å². The summed E-state index contributed by atoms with van der Waals surface area (Å²) in [6.07, 6.45) is -0.970. The Morgan fingerprint density at radius 1 is 1.13 bits per heavy atom. The van der Waals surface area contributed by atoms with Crippen LogP contribution in [0.2, 0.25) is 0 Å². The number of nitrogens with one attached hydrogen (secondary N) is 1. The Labute approximate surface area is 132 Å². The van der Waals surface area contributed by atoms with Crippen LogP contribution in [0.1, 0.15) is 5.56 Å². The highest BCUT2D eigenvalue weighted by molar-refractivity contribution is 5.93. The Morgan fingerprint density at radius 3 is 2.43 bits per heavy atom. The molecule has 1 heterocycles. The number of rotatable bonds is 3. The smallest absolute Gasteiger partial charge is 0.407 e. The summed E-state index contributed by atoms with van der Waals surface area (Å²) >= 11 is 0. The molecule has 0 fully saturated rings. The van der Waals surface area contributed by atoms with Gasteiger partial charge in [0, 0.05) is 24.5 Å². The fraction of sp³-hybridized carbons (Fsp3) is 0.118. The third kappa shape index (κ3) is 2.91. The van der Waals surface area contributed by atoms with Crippen LogP contribution >= 0.6 is 0 Å². The van der Waals surface area contributed by atoms with Crippen molar-refractivity contribution in [2.45, 2.75) is 6.54 Å². The van der Waals surface area contributed by atoms with Gasteiger partial charge in [-0.1, -0.05) is 42.5 Å². The minimum atomic E-state index is -0.970. The van der Waals surface area contributed by atoms with Crippen LogP contribution in [-0.2, 0) is 6.54 Å². The molecule has 0 atom stereocenters. The summed E-state index contributed by atoms with van der Waals surface area (Å²) in [5.41, 5.74) is 2.22. The van der Waals surface area contributed by atoms with Gasteiger partial charge in [0.2, 0.25) is 0 Å². The highest BCUT2D eigenvalue weighted by atomic mass is 16.4. The van der Waals surface area contributed by atoms with Crippen LogP contribution in [0.4, 0.5) is 4.79 Å². The van der Waals surface area contributed by atoms with Crippen molar-refractivity contribution >= 4 is 16.9 Å². The number of amides is 1. The van der Waals surface area contributed by atoms with E-state index in [-0.39, 0.29) is 5.56 Å². The lowest BCUT2D eigenvalue weighted by Crippen LogP contribution is -2.23. The molecule has 0 unspecified atom stereocenters. The van der Waals surface area contributed by atoms with Crippen molar-refractivity contribution in [3.8, 4) is 11.3 Å². The lowest BCUT2D eigenvalue weighted by Gasteiger charge is -2.13. The molecule has 1 aromatic heterocycles. The van der Waals surface area contributed by atoms with Crippen LogP contribution in [-0.4, -0.2) is 33.3 Å². The molecule has 0 spiro atoms. The van der Waals surface area contributed by atoms with Crippen LogP contribution in [0.5, 0.6) is 0 Å². The zero-order chi connectivity index (χ0) is 16.4. The summed E-state index contributed by atoms with van der Waals surface area (Å²) in [6.45, 7) is 0.315. The fourth-order valence-corrected chi connectivity index (χ4v) is 2.44. The molecule has 0 aliphatic rings. The van der Waals surface area contributed by atoms with Gasteiger partial charge < -0.3 is 10.0 Å². The molecule has 2 aromatic carbocycles. The summed E-state index contributed by atoms with van der Waals surface area (Å²) in [7, 11) is 1.52. The number of fused-ring (bicyclic) bond motifs is 1. The van der Waals surface area contributed by atoms with Crippen molar-refractivity contribution in [1.29, 1.82) is 0 Å². The largest absolute Gasteiger partial charge is 0.465 e. The maximum absolute atomic E-state index is 11.8. The highest BCUT2D eigenvalue weighted by Gasteiger charge is 2.09. The fourth-order valence-electron chi connectivity index (χ4n) is 2.44. The second-order valence-electron chi connectivity index (χ2n) is 5.28. The summed E-state index contributed by atoms with van der Waals surface area (Å²) in [5.74, 6) is 0. The molecule has 2 N–H and O–H groups in total. The van der Waals surface area contributed by atoms with E-state index in [0.717, 1.165) is 16.5 Å². The van der Waals surface area contributed by atoms with Gasteiger partial charge in [-0.15, -0.1) is 0 Å². The van der Waals surface area contributed by atoms with Gasteiger partial charge >= 0.3 is 6.09 Å². The first-order valence-electron chi connectivity index (χ1n) is 7.07. The number of carboxylic acid groups (broad SMARTS) is 1. The standard InChI is InChI=1S/C17H15N3O3/c1-20(17(22)23)10-11-6-8-12(9-7-11)15-13-4-2-3-5-14(13)16(21)19-18-15/h2-9H,10H2,1H3,(H,19,21)(H,22,23). The third-order valence-corrected chi connectivity index (χ3v) is 3.67. The van der Waals surface area contributed by atoms with Gasteiger partial charge in [0.25, 0.3) is 5.56 Å². The second-order valence-corrected chi connectivity index (χ2v) is 5.28. The molecule has 3 rings (SSSR count). The number of hydrogen-bond acceptors (Lipinski definition) is 3. The summed E-state index contributed by atoms with van der Waals surface area (Å²) in [4.78, 5) is 23.9. The molecule has 3 aromatic rings. The quantitative estimate of drug-likeness (QED) is 0.779. The lowest BCUT2D eigenvalue weighted by molar-refractivity contribution is 0.154. The molecule has 23 heavy (non-hydrogen) atoms. The number of aromatic amines is 1. The SMILES string of the molecule is CN(Cc1ccc(-c2n[nH]c(=O)c3ccccc23)cc1)C(=O)O. The minimum Gasteiger partial charge on any atom is -0.465 e.